The number of aliphatic imine (C=N–C) groups is 1. The summed E-state index contributed by atoms with van der Waals surface area (Å²) in [5.41, 5.74) is 4.42. The molecule has 1 aromatic carbocycles. The zero-order valence-corrected chi connectivity index (χ0v) is 8.89. The fourth-order valence-electron chi connectivity index (χ4n) is 1.30. The van der Waals surface area contributed by atoms with Gasteiger partial charge in [-0.15, -0.1) is 0 Å². The summed E-state index contributed by atoms with van der Waals surface area (Å²) >= 11 is 0. The van der Waals surface area contributed by atoms with Crippen LogP contribution in [0.15, 0.2) is 29.3 Å². The van der Waals surface area contributed by atoms with Gasteiger partial charge in [0.2, 0.25) is 0 Å². The van der Waals surface area contributed by atoms with E-state index in [1.807, 2.05) is 0 Å². The lowest BCUT2D eigenvalue weighted by Gasteiger charge is -2.14. The van der Waals surface area contributed by atoms with Crippen molar-refractivity contribution in [2.45, 2.75) is 6.18 Å². The van der Waals surface area contributed by atoms with E-state index in [2.05, 4.69) is 15.8 Å². The minimum atomic E-state index is -4.39. The molecule has 0 unspecified atom stereocenters. The summed E-state index contributed by atoms with van der Waals surface area (Å²) in [6.07, 6.45) is -4.39. The second-order valence-corrected chi connectivity index (χ2v) is 2.99. The number of nitrogens with zero attached hydrogens (tertiary/aromatic N) is 1. The first-order chi connectivity index (χ1) is 7.50. The van der Waals surface area contributed by atoms with Gasteiger partial charge in [-0.1, -0.05) is 18.2 Å². The highest BCUT2D eigenvalue weighted by Gasteiger charge is 2.34. The molecular formula is C10H12F3N3. The fourth-order valence-corrected chi connectivity index (χ4v) is 1.30. The minimum Gasteiger partial charge on any atom is -0.306 e. The third-order valence-electron chi connectivity index (χ3n) is 1.95. The Hall–Kier alpha value is -1.56. The monoisotopic (exact) mass is 231 g/mol. The lowest BCUT2D eigenvalue weighted by molar-refractivity contribution is -0.137. The third-order valence-corrected chi connectivity index (χ3v) is 1.95. The first-order valence-electron chi connectivity index (χ1n) is 4.57. The normalized spacial score (nSPS) is 12.7. The Morgan fingerprint density at radius 3 is 2.38 bits per heavy atom. The zero-order valence-electron chi connectivity index (χ0n) is 8.89. The van der Waals surface area contributed by atoms with E-state index in [1.165, 1.54) is 25.2 Å². The van der Waals surface area contributed by atoms with E-state index in [0.29, 0.717) is 0 Å². The summed E-state index contributed by atoms with van der Waals surface area (Å²) in [6, 6.07) is 5.28. The third kappa shape index (κ3) is 2.73. The van der Waals surface area contributed by atoms with Crippen molar-refractivity contribution in [3.8, 4) is 0 Å². The van der Waals surface area contributed by atoms with Gasteiger partial charge < -0.3 is 5.43 Å². The molecule has 1 aromatic rings. The molecule has 0 heterocycles. The zero-order chi connectivity index (χ0) is 12.2. The molecule has 0 radical (unpaired) electrons. The molecule has 0 aromatic heterocycles. The molecular weight excluding hydrogens is 219 g/mol. The molecule has 0 atom stereocenters. The number of hydrogen-bond donors (Lipinski definition) is 2. The van der Waals surface area contributed by atoms with E-state index in [9.17, 15) is 13.2 Å². The first-order valence-corrected chi connectivity index (χ1v) is 4.57. The molecule has 2 N–H and O–H groups in total. The number of halogens is 3. The Balaban J connectivity index is 3.23. The van der Waals surface area contributed by atoms with Gasteiger partial charge in [-0.05, 0) is 6.07 Å². The van der Waals surface area contributed by atoms with Gasteiger partial charge in [0.15, 0.2) is 0 Å². The van der Waals surface area contributed by atoms with Crippen LogP contribution in [0.1, 0.15) is 11.1 Å². The van der Waals surface area contributed by atoms with Crippen molar-refractivity contribution in [3.05, 3.63) is 35.4 Å². The first kappa shape index (κ1) is 12.5. The molecule has 0 saturated carbocycles. The predicted molar refractivity (Wildman–Crippen MR) is 56.1 cm³/mol. The minimum absolute atomic E-state index is 0.0202. The number of hydrogen-bond acceptors (Lipinski definition) is 2. The Kier molecular flexibility index (Phi) is 3.89. The highest BCUT2D eigenvalue weighted by Crippen LogP contribution is 2.31. The number of rotatable bonds is 2. The van der Waals surface area contributed by atoms with Crippen LogP contribution in [-0.4, -0.2) is 19.9 Å². The van der Waals surface area contributed by atoms with E-state index in [1.54, 1.807) is 7.05 Å². The van der Waals surface area contributed by atoms with Crippen LogP contribution in [0.5, 0.6) is 0 Å². The second-order valence-electron chi connectivity index (χ2n) is 2.99. The van der Waals surface area contributed by atoms with Crippen LogP contribution in [0.3, 0.4) is 0 Å². The molecule has 0 spiro atoms. The number of benzene rings is 1. The van der Waals surface area contributed by atoms with Gasteiger partial charge in [0, 0.05) is 19.7 Å². The van der Waals surface area contributed by atoms with Crippen LogP contribution in [0, 0.1) is 0 Å². The van der Waals surface area contributed by atoms with Gasteiger partial charge in [0.25, 0.3) is 0 Å². The average Bonchev–Trinajstić information content (AvgIpc) is 2.25. The van der Waals surface area contributed by atoms with Gasteiger partial charge in [0.1, 0.15) is 5.84 Å². The van der Waals surface area contributed by atoms with Gasteiger partial charge in [-0.25, -0.2) is 5.43 Å². The van der Waals surface area contributed by atoms with Crippen LogP contribution in [0.2, 0.25) is 0 Å². The fraction of sp³-hybridized carbons (Fsp3) is 0.300. The molecule has 88 valence electrons. The Morgan fingerprint density at radius 1 is 1.25 bits per heavy atom. The molecule has 0 amide bonds. The SMILES string of the molecule is CN=C(NNC)c1ccccc1C(F)(F)F. The summed E-state index contributed by atoms with van der Waals surface area (Å²) < 4.78 is 38.0. The second kappa shape index (κ2) is 4.98. The van der Waals surface area contributed by atoms with Gasteiger partial charge >= 0.3 is 6.18 Å². The quantitative estimate of drug-likeness (QED) is 0.462. The van der Waals surface area contributed by atoms with Crippen molar-refractivity contribution >= 4 is 5.84 Å². The molecule has 0 aliphatic carbocycles. The number of hydrazine groups is 1. The van der Waals surface area contributed by atoms with E-state index in [0.717, 1.165) is 6.07 Å². The lowest BCUT2D eigenvalue weighted by Crippen LogP contribution is -2.36. The smallest absolute Gasteiger partial charge is 0.306 e. The Labute approximate surface area is 91.4 Å². The van der Waals surface area contributed by atoms with E-state index in [4.69, 9.17) is 0 Å². The van der Waals surface area contributed by atoms with E-state index >= 15 is 0 Å². The number of nitrogens with one attached hydrogen (secondary N) is 2. The highest BCUT2D eigenvalue weighted by molar-refractivity contribution is 5.99. The summed E-state index contributed by atoms with van der Waals surface area (Å²) in [4.78, 5) is 3.77. The molecule has 1 rings (SSSR count). The molecule has 0 fully saturated rings. The van der Waals surface area contributed by atoms with Crippen molar-refractivity contribution in [2.24, 2.45) is 4.99 Å². The summed E-state index contributed by atoms with van der Waals surface area (Å²) in [6.45, 7) is 0. The Bertz CT molecular complexity index is 385. The molecule has 16 heavy (non-hydrogen) atoms. The van der Waals surface area contributed by atoms with Gasteiger partial charge in [-0.2, -0.15) is 13.2 Å². The van der Waals surface area contributed by atoms with Crippen LogP contribution < -0.4 is 10.9 Å². The highest BCUT2D eigenvalue weighted by atomic mass is 19.4. The molecule has 3 nitrogen and oxygen atoms in total. The topological polar surface area (TPSA) is 36.4 Å². The van der Waals surface area contributed by atoms with Gasteiger partial charge in [-0.3, -0.25) is 4.99 Å². The van der Waals surface area contributed by atoms with Crippen LogP contribution in [0.25, 0.3) is 0 Å². The van der Waals surface area contributed by atoms with Crippen LogP contribution >= 0.6 is 0 Å². The molecule has 6 heteroatoms. The summed E-state index contributed by atoms with van der Waals surface area (Å²) in [5, 5.41) is 0. The van der Waals surface area contributed by atoms with Crippen molar-refractivity contribution in [1.82, 2.24) is 10.9 Å². The predicted octanol–water partition coefficient (Wildman–Crippen LogP) is 1.81. The van der Waals surface area contributed by atoms with Crippen LogP contribution in [0.4, 0.5) is 13.2 Å². The van der Waals surface area contributed by atoms with Crippen LogP contribution in [-0.2, 0) is 6.18 Å². The van der Waals surface area contributed by atoms with E-state index < -0.39 is 11.7 Å². The standard InChI is InChI=1S/C10H12F3N3/c1-14-9(16-15-2)7-5-3-4-6-8(7)10(11,12)13/h3-6,15H,1-2H3,(H,14,16). The summed E-state index contributed by atoms with van der Waals surface area (Å²) in [5.74, 6) is 0.149. The average molecular weight is 231 g/mol. The maximum atomic E-state index is 12.7. The molecule has 0 aliphatic rings. The Morgan fingerprint density at radius 2 is 1.88 bits per heavy atom. The maximum Gasteiger partial charge on any atom is 0.417 e. The van der Waals surface area contributed by atoms with Crippen molar-refractivity contribution in [1.29, 1.82) is 0 Å². The van der Waals surface area contributed by atoms with Crippen molar-refractivity contribution < 1.29 is 13.2 Å². The lowest BCUT2D eigenvalue weighted by atomic mass is 10.1. The number of amidine groups is 1. The van der Waals surface area contributed by atoms with Crippen molar-refractivity contribution in [2.75, 3.05) is 14.1 Å². The maximum absolute atomic E-state index is 12.7. The summed E-state index contributed by atoms with van der Waals surface area (Å²) in [7, 11) is 2.98. The van der Waals surface area contributed by atoms with E-state index in [-0.39, 0.29) is 11.4 Å². The van der Waals surface area contributed by atoms with Crippen molar-refractivity contribution in [3.63, 3.8) is 0 Å². The number of alkyl halides is 3. The molecule has 0 saturated heterocycles. The molecule has 0 aliphatic heterocycles. The molecule has 0 bridgehead atoms. The van der Waals surface area contributed by atoms with Gasteiger partial charge in [0.05, 0.1) is 5.56 Å². The largest absolute Gasteiger partial charge is 0.417 e.